The highest BCUT2D eigenvalue weighted by Crippen LogP contribution is 2.16. The van der Waals surface area contributed by atoms with Crippen molar-refractivity contribution in [3.8, 4) is 0 Å². The maximum Gasteiger partial charge on any atom is 0.303 e. The third-order valence-corrected chi connectivity index (χ3v) is 2.43. The lowest BCUT2D eigenvalue weighted by molar-refractivity contribution is -0.185. The molecule has 0 aliphatic heterocycles. The van der Waals surface area contributed by atoms with Crippen molar-refractivity contribution < 1.29 is 33.7 Å². The Morgan fingerprint density at radius 2 is 1.35 bits per heavy atom. The van der Waals surface area contributed by atoms with E-state index in [-0.39, 0.29) is 0 Å². The lowest BCUT2D eigenvalue weighted by Crippen LogP contribution is -2.50. The topological polar surface area (TPSA) is 99.1 Å². The molecule has 0 saturated carbocycles. The van der Waals surface area contributed by atoms with Gasteiger partial charge in [0.25, 0.3) is 0 Å². The van der Waals surface area contributed by atoms with Crippen molar-refractivity contribution >= 4 is 35.5 Å². The summed E-state index contributed by atoms with van der Waals surface area (Å²) in [6, 6.07) is 0. The monoisotopic (exact) mass is 306 g/mol. The van der Waals surface area contributed by atoms with Gasteiger partial charge in [0.15, 0.2) is 18.3 Å². The molecule has 0 fully saturated rings. The number of aliphatic hydroxyl groups excluding tert-OH is 1. The molecule has 114 valence electrons. The van der Waals surface area contributed by atoms with E-state index in [1.807, 2.05) is 0 Å². The smallest absolute Gasteiger partial charge is 0.303 e. The van der Waals surface area contributed by atoms with Crippen molar-refractivity contribution in [2.45, 2.75) is 52.1 Å². The van der Waals surface area contributed by atoms with Gasteiger partial charge >= 0.3 is 17.9 Å². The van der Waals surface area contributed by atoms with E-state index >= 15 is 0 Å². The van der Waals surface area contributed by atoms with Gasteiger partial charge in [-0.15, -0.1) is 0 Å². The Bertz CT molecular complexity index is 380. The summed E-state index contributed by atoms with van der Waals surface area (Å²) in [4.78, 5) is 33.2. The molecule has 20 heavy (non-hydrogen) atoms. The summed E-state index contributed by atoms with van der Waals surface area (Å²) in [6.45, 7) is 4.77. The van der Waals surface area contributed by atoms with Crippen LogP contribution in [0.25, 0.3) is 0 Å². The maximum absolute atomic E-state index is 11.1. The number of ether oxygens (including phenoxy) is 3. The summed E-state index contributed by atoms with van der Waals surface area (Å²) < 4.78 is 14.8. The highest BCUT2D eigenvalue weighted by atomic mass is 32.1. The Morgan fingerprint density at radius 1 is 0.950 bits per heavy atom. The molecule has 0 aliphatic carbocycles. The van der Waals surface area contributed by atoms with Gasteiger partial charge in [-0.2, -0.15) is 0 Å². The normalized spacial score (nSPS) is 16.2. The average Bonchev–Trinajstić information content (AvgIpc) is 2.29. The van der Waals surface area contributed by atoms with E-state index in [0.717, 1.165) is 26.1 Å². The molecule has 4 atom stereocenters. The molecule has 0 radical (unpaired) electrons. The molecule has 0 aromatic carbocycles. The first-order valence-corrected chi connectivity index (χ1v) is 6.31. The maximum atomic E-state index is 11.1. The van der Waals surface area contributed by atoms with Crippen LogP contribution in [0.1, 0.15) is 27.7 Å². The molecule has 0 amide bonds. The van der Waals surface area contributed by atoms with Gasteiger partial charge in [0.1, 0.15) is 0 Å². The Balaban J connectivity index is 5.33. The number of esters is 3. The van der Waals surface area contributed by atoms with E-state index in [4.69, 9.17) is 26.4 Å². The summed E-state index contributed by atoms with van der Waals surface area (Å²) in [7, 11) is 0. The van der Waals surface area contributed by atoms with Gasteiger partial charge in [-0.1, -0.05) is 12.2 Å². The van der Waals surface area contributed by atoms with Crippen molar-refractivity contribution in [3.63, 3.8) is 0 Å². The molecule has 1 N–H and O–H groups in total. The van der Waals surface area contributed by atoms with Crippen LogP contribution in [0.3, 0.4) is 0 Å². The second-order valence-corrected chi connectivity index (χ2v) is 4.37. The van der Waals surface area contributed by atoms with Crippen LogP contribution in [0.5, 0.6) is 0 Å². The first-order valence-electron chi connectivity index (χ1n) is 5.84. The van der Waals surface area contributed by atoms with Crippen molar-refractivity contribution in [1.29, 1.82) is 0 Å². The number of rotatable bonds is 7. The van der Waals surface area contributed by atoms with E-state index in [2.05, 4.69) is 0 Å². The molecule has 0 saturated heterocycles. The van der Waals surface area contributed by atoms with Crippen LogP contribution < -0.4 is 0 Å². The highest BCUT2D eigenvalue weighted by Gasteiger charge is 2.38. The molecule has 8 heteroatoms. The third kappa shape index (κ3) is 6.58. The minimum absolute atomic E-state index is 0.652. The largest absolute Gasteiger partial charge is 0.456 e. The molecule has 0 spiro atoms. The predicted octanol–water partition coefficient (Wildman–Crippen LogP) is 0.162. The Hall–Kier alpha value is -1.54. The van der Waals surface area contributed by atoms with E-state index in [0.29, 0.717) is 0 Å². The van der Waals surface area contributed by atoms with Crippen molar-refractivity contribution in [2.75, 3.05) is 0 Å². The van der Waals surface area contributed by atoms with Gasteiger partial charge < -0.3 is 19.3 Å². The van der Waals surface area contributed by atoms with E-state index < -0.39 is 42.3 Å². The lowest BCUT2D eigenvalue weighted by atomic mass is 10.0. The predicted molar refractivity (Wildman–Crippen MR) is 72.0 cm³/mol. The van der Waals surface area contributed by atoms with Crippen molar-refractivity contribution in [1.82, 2.24) is 0 Å². The molecule has 0 rings (SSSR count). The molecule has 0 bridgehead atoms. The molecule has 7 nitrogen and oxygen atoms in total. The van der Waals surface area contributed by atoms with Crippen LogP contribution in [0.4, 0.5) is 0 Å². The van der Waals surface area contributed by atoms with Crippen LogP contribution in [-0.2, 0) is 28.6 Å². The van der Waals surface area contributed by atoms with Gasteiger partial charge in [-0.25, -0.2) is 0 Å². The zero-order valence-electron chi connectivity index (χ0n) is 11.7. The number of aliphatic hydroxyl groups is 1. The second-order valence-electron chi connectivity index (χ2n) is 4.10. The molecular formula is C12H18O7S. The first-order chi connectivity index (χ1) is 9.18. The SMILES string of the molecule is CC(=O)O[C@H]([C@H](OC(C)=O)[C@H](C=S)OC(C)=O)[C@@H](C)O. The lowest BCUT2D eigenvalue weighted by Gasteiger charge is -2.31. The van der Waals surface area contributed by atoms with Crippen LogP contribution in [0.15, 0.2) is 0 Å². The summed E-state index contributed by atoms with van der Waals surface area (Å²) in [5.41, 5.74) is 0. The zero-order chi connectivity index (χ0) is 15.9. The molecule has 0 aromatic heterocycles. The number of hydrogen-bond acceptors (Lipinski definition) is 8. The Morgan fingerprint density at radius 3 is 1.65 bits per heavy atom. The van der Waals surface area contributed by atoms with Crippen LogP contribution in [0, 0.1) is 0 Å². The molecule has 0 aromatic rings. The molecule has 0 aliphatic rings. The Labute approximate surface area is 122 Å². The van der Waals surface area contributed by atoms with Crippen LogP contribution in [-0.4, -0.2) is 52.8 Å². The molecule has 0 unspecified atom stereocenters. The average molecular weight is 306 g/mol. The number of thiocarbonyl (C=S) groups is 1. The fraction of sp³-hybridized carbons (Fsp3) is 0.667. The number of carbonyl (C=O) groups is 3. The second kappa shape index (κ2) is 8.60. The summed E-state index contributed by atoms with van der Waals surface area (Å²) >= 11 is 4.72. The van der Waals surface area contributed by atoms with Crippen LogP contribution in [0.2, 0.25) is 0 Å². The summed E-state index contributed by atoms with van der Waals surface area (Å²) in [5.74, 6) is -2.03. The van der Waals surface area contributed by atoms with Gasteiger partial charge in [-0.05, 0) is 6.92 Å². The Kier molecular flexibility index (Phi) is 7.93. The van der Waals surface area contributed by atoms with E-state index in [1.54, 1.807) is 0 Å². The van der Waals surface area contributed by atoms with Gasteiger partial charge in [0.2, 0.25) is 0 Å². The zero-order valence-corrected chi connectivity index (χ0v) is 12.5. The summed E-state index contributed by atoms with van der Waals surface area (Å²) in [6.07, 6.45) is -4.71. The van der Waals surface area contributed by atoms with E-state index in [9.17, 15) is 19.5 Å². The summed E-state index contributed by atoms with van der Waals surface area (Å²) in [5, 5.41) is 10.7. The number of carbonyl (C=O) groups excluding carboxylic acids is 3. The third-order valence-electron chi connectivity index (χ3n) is 2.16. The van der Waals surface area contributed by atoms with Crippen molar-refractivity contribution in [2.24, 2.45) is 0 Å². The fourth-order valence-electron chi connectivity index (χ4n) is 1.51. The highest BCUT2D eigenvalue weighted by molar-refractivity contribution is 7.79. The first kappa shape index (κ1) is 18.5. The van der Waals surface area contributed by atoms with Gasteiger partial charge in [0.05, 0.1) is 6.10 Å². The van der Waals surface area contributed by atoms with Gasteiger partial charge in [0, 0.05) is 26.1 Å². The minimum Gasteiger partial charge on any atom is -0.456 e. The fourth-order valence-corrected chi connectivity index (χ4v) is 1.72. The quantitative estimate of drug-likeness (QED) is 0.403. The van der Waals surface area contributed by atoms with E-state index in [1.165, 1.54) is 6.92 Å². The standard InChI is InChI=1S/C12H18O7S/c1-6(13)11(18-8(3)15)12(19-9(4)16)10(5-20)17-7(2)14/h5-6,10-13H,1-4H3/t6-,10+,11+,12-/m1/s1. The van der Waals surface area contributed by atoms with Crippen LogP contribution >= 0.6 is 12.2 Å². The minimum atomic E-state index is -1.22. The van der Waals surface area contributed by atoms with Gasteiger partial charge in [-0.3, -0.25) is 14.4 Å². The molecule has 0 heterocycles. The molecular weight excluding hydrogens is 288 g/mol. The van der Waals surface area contributed by atoms with Crippen molar-refractivity contribution in [3.05, 3.63) is 0 Å². The number of hydrogen-bond donors (Lipinski definition) is 1.